The molecule has 0 spiro atoms. The van der Waals surface area contributed by atoms with Gasteiger partial charge in [-0.3, -0.25) is 9.59 Å². The van der Waals surface area contributed by atoms with E-state index < -0.39 is 41.6 Å². The van der Waals surface area contributed by atoms with Gasteiger partial charge in [0.1, 0.15) is 30.9 Å². The van der Waals surface area contributed by atoms with E-state index in [9.17, 15) is 34.4 Å². The summed E-state index contributed by atoms with van der Waals surface area (Å²) >= 11 is 0. The lowest BCUT2D eigenvalue weighted by Gasteiger charge is -2.23. The Morgan fingerprint density at radius 3 is 2.03 bits per heavy atom. The predicted molar refractivity (Wildman–Crippen MR) is 130 cm³/mol. The highest BCUT2D eigenvalue weighted by molar-refractivity contribution is 5.94. The molecule has 0 fully saturated rings. The molecule has 0 saturated heterocycles. The summed E-state index contributed by atoms with van der Waals surface area (Å²) in [5.74, 6) is -3.72. The van der Waals surface area contributed by atoms with Crippen LogP contribution in [0, 0.1) is 16.0 Å². The molecule has 14 nitrogen and oxygen atoms in total. The van der Waals surface area contributed by atoms with Gasteiger partial charge in [-0.25, -0.2) is 9.59 Å². The van der Waals surface area contributed by atoms with Gasteiger partial charge >= 0.3 is 11.9 Å². The van der Waals surface area contributed by atoms with Crippen molar-refractivity contribution in [3.8, 4) is 5.75 Å². The van der Waals surface area contributed by atoms with Crippen LogP contribution >= 0.6 is 0 Å². The van der Waals surface area contributed by atoms with Crippen molar-refractivity contribution in [3.63, 3.8) is 0 Å². The molecule has 37 heavy (non-hydrogen) atoms. The van der Waals surface area contributed by atoms with Gasteiger partial charge in [-0.05, 0) is 52.0 Å². The number of carboxylic acids is 2. The van der Waals surface area contributed by atoms with E-state index in [1.165, 1.54) is 6.92 Å². The molecule has 1 rings (SSSR count). The zero-order valence-corrected chi connectivity index (χ0v) is 21.0. The minimum Gasteiger partial charge on any atom is -0.491 e. The van der Waals surface area contributed by atoms with E-state index in [1.807, 2.05) is 20.8 Å². The molecule has 0 aliphatic heterocycles. The fourth-order valence-electron chi connectivity index (χ4n) is 2.36. The highest BCUT2D eigenvalue weighted by Crippen LogP contribution is 2.17. The molecule has 0 aliphatic rings. The number of carbonyl (C=O) groups excluding carboxylic acids is 2. The summed E-state index contributed by atoms with van der Waals surface area (Å²) in [5, 5.41) is 40.6. The number of ketones is 1. The van der Waals surface area contributed by atoms with Crippen LogP contribution in [0.15, 0.2) is 36.4 Å². The normalized spacial score (nSPS) is 12.5. The predicted octanol–water partition coefficient (Wildman–Crippen LogP) is 1.27. The smallest absolute Gasteiger partial charge is 0.328 e. The third kappa shape index (κ3) is 18.9. The summed E-state index contributed by atoms with van der Waals surface area (Å²) in [6, 6.07) is 6.50. The average molecular weight is 528 g/mol. The maximum Gasteiger partial charge on any atom is 0.328 e. The number of ether oxygens (including phenoxy) is 1. The Morgan fingerprint density at radius 2 is 1.59 bits per heavy atom. The molecule has 14 heteroatoms. The Labute approximate surface area is 213 Å². The van der Waals surface area contributed by atoms with Crippen molar-refractivity contribution >= 4 is 29.3 Å². The SMILES string of the molecule is CC(=O)C(CO[N+](=O)[O-])CC(=O)Nc1ccc(OCC(O)CNC(C)(C)C)cc1.O=C(O)/C=C/C(=O)O. The van der Waals surface area contributed by atoms with Gasteiger partial charge in [-0.2, -0.15) is 0 Å². The number of anilines is 1. The first-order valence-electron chi connectivity index (χ1n) is 11.0. The summed E-state index contributed by atoms with van der Waals surface area (Å²) in [4.78, 5) is 57.1. The van der Waals surface area contributed by atoms with E-state index in [0.29, 0.717) is 30.1 Å². The van der Waals surface area contributed by atoms with Crippen molar-refractivity contribution in [3.05, 3.63) is 46.5 Å². The fourth-order valence-corrected chi connectivity index (χ4v) is 2.36. The molecule has 0 heterocycles. The molecule has 0 bridgehead atoms. The van der Waals surface area contributed by atoms with Gasteiger partial charge in [0, 0.05) is 42.3 Å². The molecular formula is C23H33N3O11. The molecule has 206 valence electrons. The number of carboxylic acid groups (broad SMARTS) is 2. The van der Waals surface area contributed by atoms with Crippen molar-refractivity contribution in [2.75, 3.05) is 25.1 Å². The molecule has 1 amide bonds. The van der Waals surface area contributed by atoms with Crippen molar-refractivity contribution in [2.45, 2.75) is 45.8 Å². The number of nitrogens with one attached hydrogen (secondary N) is 2. The summed E-state index contributed by atoms with van der Waals surface area (Å²) in [5.41, 5.74) is 0.382. The second-order valence-electron chi connectivity index (χ2n) is 8.71. The summed E-state index contributed by atoms with van der Waals surface area (Å²) in [6.45, 7) is 7.30. The molecule has 2 unspecified atom stereocenters. The van der Waals surface area contributed by atoms with Crippen LogP contribution in [-0.2, 0) is 24.0 Å². The van der Waals surface area contributed by atoms with E-state index in [1.54, 1.807) is 24.3 Å². The maximum atomic E-state index is 12.1. The van der Waals surface area contributed by atoms with Crippen molar-refractivity contribution in [1.29, 1.82) is 0 Å². The molecule has 0 aliphatic carbocycles. The van der Waals surface area contributed by atoms with E-state index in [2.05, 4.69) is 15.5 Å². The number of nitrogens with zero attached hydrogens (tertiary/aromatic N) is 1. The molecular weight excluding hydrogens is 494 g/mol. The quantitative estimate of drug-likeness (QED) is 0.131. The highest BCUT2D eigenvalue weighted by atomic mass is 16.9. The van der Waals surface area contributed by atoms with Crippen LogP contribution in [0.4, 0.5) is 5.69 Å². The van der Waals surface area contributed by atoms with E-state index in [4.69, 9.17) is 14.9 Å². The van der Waals surface area contributed by atoms with Gasteiger partial charge in [-0.1, -0.05) is 0 Å². The monoisotopic (exact) mass is 527 g/mol. The first-order chi connectivity index (χ1) is 17.1. The van der Waals surface area contributed by atoms with Gasteiger partial charge in [0.25, 0.3) is 5.09 Å². The van der Waals surface area contributed by atoms with Crippen molar-refractivity contribution in [2.24, 2.45) is 5.92 Å². The summed E-state index contributed by atoms with van der Waals surface area (Å²) in [7, 11) is 0. The third-order valence-corrected chi connectivity index (χ3v) is 4.20. The van der Waals surface area contributed by atoms with E-state index in [0.717, 1.165) is 0 Å². The van der Waals surface area contributed by atoms with Crippen molar-refractivity contribution in [1.82, 2.24) is 5.32 Å². The second-order valence-corrected chi connectivity index (χ2v) is 8.71. The maximum absolute atomic E-state index is 12.1. The number of Topliss-reactive ketones (excluding diaryl/α,β-unsaturated/α-hetero) is 1. The zero-order valence-electron chi connectivity index (χ0n) is 21.0. The highest BCUT2D eigenvalue weighted by Gasteiger charge is 2.20. The van der Waals surface area contributed by atoms with Gasteiger partial charge in [0.05, 0.1) is 0 Å². The number of amides is 1. The van der Waals surface area contributed by atoms with E-state index >= 15 is 0 Å². The Morgan fingerprint density at radius 1 is 1.05 bits per heavy atom. The topological polar surface area (TPSA) is 215 Å². The number of hydrogen-bond donors (Lipinski definition) is 5. The van der Waals surface area contributed by atoms with Crippen LogP contribution in [0.3, 0.4) is 0 Å². The van der Waals surface area contributed by atoms with Gasteiger partial charge in [0.2, 0.25) is 5.91 Å². The molecule has 0 saturated carbocycles. The Kier molecular flexibility index (Phi) is 14.8. The van der Waals surface area contributed by atoms with Gasteiger partial charge < -0.3 is 35.5 Å². The minimum atomic E-state index is -1.26. The lowest BCUT2D eigenvalue weighted by molar-refractivity contribution is -0.758. The lowest BCUT2D eigenvalue weighted by Crippen LogP contribution is -2.42. The van der Waals surface area contributed by atoms with Gasteiger partial charge in [0.15, 0.2) is 0 Å². The number of hydrogen-bond acceptors (Lipinski definition) is 10. The average Bonchev–Trinajstić information content (AvgIpc) is 2.78. The molecule has 5 N–H and O–H groups in total. The molecule has 1 aromatic rings. The number of carbonyl (C=O) groups is 4. The first kappa shape index (κ1) is 33.0. The molecule has 1 aromatic carbocycles. The number of aliphatic carboxylic acids is 2. The van der Waals surface area contributed by atoms with Crippen molar-refractivity contribution < 1.29 is 49.2 Å². The second kappa shape index (κ2) is 16.6. The van der Waals surface area contributed by atoms with Crippen LogP contribution in [0.2, 0.25) is 0 Å². The van der Waals surface area contributed by atoms with Crippen LogP contribution in [0.1, 0.15) is 34.1 Å². The molecule has 0 radical (unpaired) electrons. The Hall–Kier alpha value is -4.04. The van der Waals surface area contributed by atoms with Crippen LogP contribution in [0.5, 0.6) is 5.75 Å². The third-order valence-electron chi connectivity index (χ3n) is 4.20. The van der Waals surface area contributed by atoms with Crippen LogP contribution in [0.25, 0.3) is 0 Å². The number of benzene rings is 1. The van der Waals surface area contributed by atoms with E-state index in [-0.39, 0.29) is 24.3 Å². The molecule has 0 aromatic heterocycles. The summed E-state index contributed by atoms with van der Waals surface area (Å²) in [6.07, 6.45) is 0.220. The van der Waals surface area contributed by atoms with Gasteiger partial charge in [-0.15, -0.1) is 10.1 Å². The fraction of sp³-hybridized carbons (Fsp3) is 0.478. The summed E-state index contributed by atoms with van der Waals surface area (Å²) < 4.78 is 5.52. The minimum absolute atomic E-state index is 0.0995. The Bertz CT molecular complexity index is 924. The molecule has 2 atom stereocenters. The number of aliphatic hydroxyl groups excluding tert-OH is 1. The standard InChI is InChI=1S/C19H29N3O7.C4H4O4/c1-13(23)14(11-29-22(26)27)9-18(25)21-15-5-7-17(8-6-15)28-12-16(24)10-20-19(2,3)4;5-3(6)1-2-4(7)8/h5-8,14,16,20,24H,9-12H2,1-4H3,(H,21,25);1-2H,(H,5,6)(H,7,8)/b;2-1+. The number of rotatable bonds is 14. The lowest BCUT2D eigenvalue weighted by atomic mass is 10.0. The van der Waals surface area contributed by atoms with Crippen LogP contribution < -0.4 is 15.4 Å². The zero-order chi connectivity index (χ0) is 28.6. The number of aliphatic hydroxyl groups is 1. The number of β-amino-alcohol motifs (C(OH)–C–C–N with tert-alkyl or cyclic N) is 1. The Balaban J connectivity index is 0.00000139. The first-order valence-corrected chi connectivity index (χ1v) is 11.0. The van der Waals surface area contributed by atoms with Crippen LogP contribution in [-0.4, -0.2) is 75.4 Å². The largest absolute Gasteiger partial charge is 0.491 e.